The van der Waals surface area contributed by atoms with Crippen molar-refractivity contribution < 1.29 is 0 Å². The van der Waals surface area contributed by atoms with Crippen molar-refractivity contribution in [2.24, 2.45) is 0 Å². The highest BCUT2D eigenvalue weighted by Crippen LogP contribution is 2.38. The highest BCUT2D eigenvalue weighted by molar-refractivity contribution is 7.99. The van der Waals surface area contributed by atoms with Gasteiger partial charge in [-0.05, 0) is 31.0 Å². The van der Waals surface area contributed by atoms with Gasteiger partial charge in [0.25, 0.3) is 0 Å². The summed E-state index contributed by atoms with van der Waals surface area (Å²) in [6, 6.07) is 4.44. The molecular weight excluding hydrogens is 226 g/mol. The number of rotatable bonds is 2. The zero-order valence-electron chi connectivity index (χ0n) is 9.22. The van der Waals surface area contributed by atoms with Crippen molar-refractivity contribution in [1.29, 1.82) is 0 Å². The van der Waals surface area contributed by atoms with Gasteiger partial charge in [0, 0.05) is 29.6 Å². The predicted octanol–water partition coefficient (Wildman–Crippen LogP) is 3.45. The first-order valence-corrected chi connectivity index (χ1v) is 6.80. The van der Waals surface area contributed by atoms with Gasteiger partial charge in [-0.15, -0.1) is 23.4 Å². The molecule has 1 aromatic carbocycles. The molecule has 0 aliphatic carbocycles. The predicted molar refractivity (Wildman–Crippen MR) is 69.6 cm³/mol. The number of benzene rings is 1. The summed E-state index contributed by atoms with van der Waals surface area (Å²) in [5, 5.41) is 0. The summed E-state index contributed by atoms with van der Waals surface area (Å²) in [6.45, 7) is 6.46. The van der Waals surface area contributed by atoms with Crippen LogP contribution < -0.4 is 4.90 Å². The Labute approximate surface area is 101 Å². The lowest BCUT2D eigenvalue weighted by molar-refractivity contribution is 0.849. The molecule has 0 amide bonds. The van der Waals surface area contributed by atoms with Gasteiger partial charge in [0.05, 0.1) is 5.69 Å². The summed E-state index contributed by atoms with van der Waals surface area (Å²) in [4.78, 5) is 3.84. The van der Waals surface area contributed by atoms with Crippen molar-refractivity contribution in [3.05, 3.63) is 23.3 Å². The molecule has 82 valence electrons. The van der Waals surface area contributed by atoms with Crippen molar-refractivity contribution in [3.63, 3.8) is 0 Å². The molecule has 1 aliphatic rings. The molecule has 0 aromatic heterocycles. The van der Waals surface area contributed by atoms with E-state index in [4.69, 9.17) is 11.6 Å². The van der Waals surface area contributed by atoms with Crippen LogP contribution in [0.25, 0.3) is 0 Å². The number of aryl methyl sites for hydroxylation is 1. The topological polar surface area (TPSA) is 3.24 Å². The van der Waals surface area contributed by atoms with Crippen molar-refractivity contribution in [1.82, 2.24) is 0 Å². The van der Waals surface area contributed by atoms with Crippen molar-refractivity contribution in [2.45, 2.75) is 18.7 Å². The number of hydrogen-bond acceptors (Lipinski definition) is 2. The number of anilines is 1. The van der Waals surface area contributed by atoms with Crippen LogP contribution in [0.1, 0.15) is 11.1 Å². The lowest BCUT2D eigenvalue weighted by atomic mass is 10.1. The molecule has 3 heteroatoms. The van der Waals surface area contributed by atoms with Crippen LogP contribution >= 0.6 is 23.4 Å². The maximum absolute atomic E-state index is 5.82. The summed E-state index contributed by atoms with van der Waals surface area (Å²) < 4.78 is 0. The van der Waals surface area contributed by atoms with Gasteiger partial charge >= 0.3 is 0 Å². The molecule has 0 atom stereocenters. The van der Waals surface area contributed by atoms with Gasteiger partial charge < -0.3 is 4.90 Å². The number of halogens is 1. The Morgan fingerprint density at radius 2 is 2.20 bits per heavy atom. The Balaban J connectivity index is 2.40. The second kappa shape index (κ2) is 4.67. The lowest BCUT2D eigenvalue weighted by Crippen LogP contribution is -2.31. The summed E-state index contributed by atoms with van der Waals surface area (Å²) in [5.41, 5.74) is 4.18. The van der Waals surface area contributed by atoms with Crippen molar-refractivity contribution >= 4 is 29.1 Å². The molecule has 0 spiro atoms. The second-order valence-corrected chi connectivity index (χ2v) is 5.36. The number of hydrogen-bond donors (Lipinski definition) is 0. The van der Waals surface area contributed by atoms with E-state index in [1.807, 2.05) is 11.8 Å². The van der Waals surface area contributed by atoms with E-state index in [0.29, 0.717) is 5.88 Å². The third-order valence-electron chi connectivity index (χ3n) is 2.96. The SMILES string of the molecule is Cc1ccc2c(c1C)SCCN2CCCl. The number of alkyl halides is 1. The molecule has 1 aliphatic heterocycles. The van der Waals surface area contributed by atoms with E-state index in [-0.39, 0.29) is 0 Å². The molecule has 1 heterocycles. The van der Waals surface area contributed by atoms with Crippen LogP contribution in [0.5, 0.6) is 0 Å². The van der Waals surface area contributed by atoms with E-state index in [2.05, 4.69) is 30.9 Å². The van der Waals surface area contributed by atoms with Crippen LogP contribution in [-0.4, -0.2) is 24.7 Å². The minimum absolute atomic E-state index is 0.705. The van der Waals surface area contributed by atoms with Crippen LogP contribution in [-0.2, 0) is 0 Å². The molecule has 0 unspecified atom stereocenters. The minimum Gasteiger partial charge on any atom is -0.369 e. The largest absolute Gasteiger partial charge is 0.369 e. The van der Waals surface area contributed by atoms with E-state index in [9.17, 15) is 0 Å². The molecule has 0 N–H and O–H groups in total. The van der Waals surface area contributed by atoms with E-state index >= 15 is 0 Å². The summed E-state index contributed by atoms with van der Waals surface area (Å²) in [5.74, 6) is 1.88. The second-order valence-electron chi connectivity index (χ2n) is 3.88. The maximum atomic E-state index is 5.82. The van der Waals surface area contributed by atoms with E-state index in [0.717, 1.165) is 13.1 Å². The van der Waals surface area contributed by atoms with Crippen molar-refractivity contribution in [3.8, 4) is 0 Å². The number of fused-ring (bicyclic) bond motifs is 1. The molecule has 2 rings (SSSR count). The van der Waals surface area contributed by atoms with Crippen LogP contribution in [0.2, 0.25) is 0 Å². The Morgan fingerprint density at radius 1 is 1.40 bits per heavy atom. The Bertz CT molecular complexity index is 365. The molecule has 0 saturated heterocycles. The fourth-order valence-electron chi connectivity index (χ4n) is 1.92. The summed E-state index contributed by atoms with van der Waals surface area (Å²) >= 11 is 7.80. The maximum Gasteiger partial charge on any atom is 0.0507 e. The first-order valence-electron chi connectivity index (χ1n) is 5.28. The van der Waals surface area contributed by atoms with Crippen LogP contribution in [0, 0.1) is 13.8 Å². The summed E-state index contributed by atoms with van der Waals surface area (Å²) in [6.07, 6.45) is 0. The fourth-order valence-corrected chi connectivity index (χ4v) is 3.36. The molecule has 1 nitrogen and oxygen atoms in total. The normalized spacial score (nSPS) is 15.3. The van der Waals surface area contributed by atoms with Gasteiger partial charge in [-0.2, -0.15) is 0 Å². The van der Waals surface area contributed by atoms with Crippen LogP contribution in [0.15, 0.2) is 17.0 Å². The van der Waals surface area contributed by atoms with Gasteiger partial charge in [-0.25, -0.2) is 0 Å². The first kappa shape index (κ1) is 11.2. The van der Waals surface area contributed by atoms with E-state index < -0.39 is 0 Å². The Hall–Kier alpha value is -0.340. The Kier molecular flexibility index (Phi) is 3.47. The molecule has 0 bridgehead atoms. The average molecular weight is 242 g/mol. The zero-order valence-corrected chi connectivity index (χ0v) is 10.8. The quantitative estimate of drug-likeness (QED) is 0.730. The third kappa shape index (κ3) is 2.11. The lowest BCUT2D eigenvalue weighted by Gasteiger charge is -2.31. The zero-order chi connectivity index (χ0) is 10.8. The molecule has 0 fully saturated rings. The Morgan fingerprint density at radius 3 is 2.93 bits per heavy atom. The first-order chi connectivity index (χ1) is 7.24. The molecule has 1 aromatic rings. The molecule has 15 heavy (non-hydrogen) atoms. The van der Waals surface area contributed by atoms with Crippen LogP contribution in [0.3, 0.4) is 0 Å². The van der Waals surface area contributed by atoms with Crippen molar-refractivity contribution in [2.75, 3.05) is 29.6 Å². The van der Waals surface area contributed by atoms with Gasteiger partial charge in [0.1, 0.15) is 0 Å². The summed E-state index contributed by atoms with van der Waals surface area (Å²) in [7, 11) is 0. The standard InChI is InChI=1S/C12H16ClNS/c1-9-3-4-11-12(10(9)2)15-8-7-14(11)6-5-13/h3-4H,5-8H2,1-2H3. The van der Waals surface area contributed by atoms with Gasteiger partial charge in [-0.1, -0.05) is 6.07 Å². The number of nitrogens with zero attached hydrogens (tertiary/aromatic N) is 1. The van der Waals surface area contributed by atoms with Gasteiger partial charge in [0.2, 0.25) is 0 Å². The van der Waals surface area contributed by atoms with Gasteiger partial charge in [0.15, 0.2) is 0 Å². The van der Waals surface area contributed by atoms with Crippen LogP contribution in [0.4, 0.5) is 5.69 Å². The highest BCUT2D eigenvalue weighted by atomic mass is 35.5. The average Bonchev–Trinajstić information content (AvgIpc) is 2.25. The van der Waals surface area contributed by atoms with E-state index in [1.165, 1.54) is 27.5 Å². The smallest absolute Gasteiger partial charge is 0.0507 e. The van der Waals surface area contributed by atoms with Gasteiger partial charge in [-0.3, -0.25) is 0 Å². The number of thioether (sulfide) groups is 1. The minimum atomic E-state index is 0.705. The molecule has 0 radical (unpaired) electrons. The third-order valence-corrected chi connectivity index (χ3v) is 4.32. The fraction of sp³-hybridized carbons (Fsp3) is 0.500. The van der Waals surface area contributed by atoms with E-state index in [1.54, 1.807) is 0 Å². The monoisotopic (exact) mass is 241 g/mol. The molecular formula is C12H16ClNS. The molecule has 0 saturated carbocycles. The highest BCUT2D eigenvalue weighted by Gasteiger charge is 2.18.